The van der Waals surface area contributed by atoms with Gasteiger partial charge < -0.3 is 8.92 Å². The quantitative estimate of drug-likeness (QED) is 0.168. The normalized spacial score (nSPS) is 11.4. The fourth-order valence-corrected chi connectivity index (χ4v) is 4.83. The van der Waals surface area contributed by atoms with Gasteiger partial charge in [-0.1, -0.05) is 47.5 Å². The molecule has 0 atom stereocenters. The Labute approximate surface area is 228 Å². The first-order chi connectivity index (χ1) is 18.1. The van der Waals surface area contributed by atoms with Crippen molar-refractivity contribution in [3.8, 4) is 22.3 Å². The van der Waals surface area contributed by atoms with Crippen molar-refractivity contribution in [1.82, 2.24) is 0 Å². The van der Waals surface area contributed by atoms with Crippen LogP contribution in [-0.4, -0.2) is 13.1 Å². The predicted octanol–water partition coefficient (Wildman–Crippen LogP) is 9.32. The van der Waals surface area contributed by atoms with E-state index in [-0.39, 0.29) is 6.61 Å². The Morgan fingerprint density at radius 2 is 1.58 bits per heavy atom. The molecular formula is C30H24ClF3O3S. The van der Waals surface area contributed by atoms with Crippen molar-refractivity contribution in [2.24, 2.45) is 0 Å². The summed E-state index contributed by atoms with van der Waals surface area (Å²) in [5.74, 6) is -0.436. The largest absolute Gasteiger partial charge is 0.465 e. The van der Waals surface area contributed by atoms with Crippen LogP contribution in [0, 0.1) is 13.8 Å². The Hall–Kier alpha value is -3.26. The second kappa shape index (κ2) is 11.6. The number of rotatable bonds is 7. The SMILES string of the molecule is COC(=O)c1ccc(-c2ccc(Cl)c(-c3ccc(C(F)(F)F)cc3COSc3ccc(C)cc3)c2)c(C)c1. The van der Waals surface area contributed by atoms with Crippen LogP contribution in [0.4, 0.5) is 13.2 Å². The van der Waals surface area contributed by atoms with Crippen LogP contribution in [0.2, 0.25) is 5.02 Å². The summed E-state index contributed by atoms with van der Waals surface area (Å²) in [6.07, 6.45) is -4.50. The highest BCUT2D eigenvalue weighted by Crippen LogP contribution is 2.39. The van der Waals surface area contributed by atoms with Crippen LogP contribution in [0.3, 0.4) is 0 Å². The number of ether oxygens (including phenoxy) is 1. The van der Waals surface area contributed by atoms with E-state index in [0.717, 1.165) is 51.3 Å². The molecule has 0 amide bonds. The number of aryl methyl sites for hydroxylation is 2. The van der Waals surface area contributed by atoms with E-state index in [4.69, 9.17) is 20.5 Å². The van der Waals surface area contributed by atoms with Gasteiger partial charge in [-0.25, -0.2) is 4.79 Å². The first kappa shape index (κ1) is 27.8. The molecule has 8 heteroatoms. The van der Waals surface area contributed by atoms with Crippen molar-refractivity contribution >= 4 is 29.6 Å². The molecule has 0 bridgehead atoms. The van der Waals surface area contributed by atoms with Gasteiger partial charge in [-0.2, -0.15) is 13.2 Å². The number of hydrogen-bond donors (Lipinski definition) is 0. The average Bonchev–Trinajstić information content (AvgIpc) is 2.89. The lowest BCUT2D eigenvalue weighted by molar-refractivity contribution is -0.137. The zero-order valence-corrected chi connectivity index (χ0v) is 22.4. The molecule has 0 aliphatic heterocycles. The second-order valence-corrected chi connectivity index (χ2v) is 10.0. The molecule has 4 rings (SSSR count). The molecule has 4 aromatic rings. The van der Waals surface area contributed by atoms with Gasteiger partial charge in [-0.3, -0.25) is 0 Å². The molecule has 4 aromatic carbocycles. The fourth-order valence-electron chi connectivity index (χ4n) is 4.04. The summed E-state index contributed by atoms with van der Waals surface area (Å²) in [5, 5.41) is 0.393. The summed E-state index contributed by atoms with van der Waals surface area (Å²) >= 11 is 7.66. The molecule has 0 unspecified atom stereocenters. The Kier molecular flexibility index (Phi) is 8.51. The maximum absolute atomic E-state index is 13.5. The van der Waals surface area contributed by atoms with Gasteiger partial charge in [-0.05, 0) is 90.2 Å². The molecule has 0 fully saturated rings. The van der Waals surface area contributed by atoms with Crippen molar-refractivity contribution in [2.45, 2.75) is 31.5 Å². The Morgan fingerprint density at radius 3 is 2.24 bits per heavy atom. The summed E-state index contributed by atoms with van der Waals surface area (Å²) in [5.41, 5.74) is 4.74. The van der Waals surface area contributed by atoms with Crippen molar-refractivity contribution in [2.75, 3.05) is 7.11 Å². The highest BCUT2D eigenvalue weighted by atomic mass is 35.5. The highest BCUT2D eigenvalue weighted by molar-refractivity contribution is 7.94. The van der Waals surface area contributed by atoms with Gasteiger partial charge in [0.25, 0.3) is 0 Å². The van der Waals surface area contributed by atoms with Crippen LogP contribution in [-0.2, 0) is 21.7 Å². The number of carbonyl (C=O) groups excluding carboxylic acids is 1. The molecule has 0 radical (unpaired) electrons. The summed E-state index contributed by atoms with van der Waals surface area (Å²) in [4.78, 5) is 12.7. The molecule has 0 saturated carbocycles. The van der Waals surface area contributed by atoms with E-state index in [2.05, 4.69) is 0 Å². The Balaban J connectivity index is 1.71. The summed E-state index contributed by atoms with van der Waals surface area (Å²) in [6, 6.07) is 21.8. The number of hydrogen-bond acceptors (Lipinski definition) is 4. The van der Waals surface area contributed by atoms with Gasteiger partial charge >= 0.3 is 12.1 Å². The molecule has 0 spiro atoms. The van der Waals surface area contributed by atoms with E-state index in [1.54, 1.807) is 18.2 Å². The lowest BCUT2D eigenvalue weighted by Gasteiger charge is -2.16. The molecular weight excluding hydrogens is 533 g/mol. The van der Waals surface area contributed by atoms with E-state index in [1.165, 1.54) is 13.2 Å². The van der Waals surface area contributed by atoms with Gasteiger partial charge in [0.1, 0.15) is 0 Å². The first-order valence-corrected chi connectivity index (χ1v) is 12.7. The smallest absolute Gasteiger partial charge is 0.416 e. The maximum Gasteiger partial charge on any atom is 0.416 e. The highest BCUT2D eigenvalue weighted by Gasteiger charge is 2.31. The van der Waals surface area contributed by atoms with Crippen LogP contribution in [0.1, 0.15) is 32.6 Å². The second-order valence-electron chi connectivity index (χ2n) is 8.74. The zero-order valence-electron chi connectivity index (χ0n) is 20.9. The zero-order chi connectivity index (χ0) is 27.4. The fraction of sp³-hybridized carbons (Fsp3) is 0.167. The molecule has 38 heavy (non-hydrogen) atoms. The summed E-state index contributed by atoms with van der Waals surface area (Å²) < 4.78 is 51.2. The molecule has 0 aliphatic carbocycles. The molecule has 0 heterocycles. The van der Waals surface area contributed by atoms with Crippen molar-refractivity contribution in [3.63, 3.8) is 0 Å². The third-order valence-electron chi connectivity index (χ3n) is 6.04. The molecule has 0 N–H and O–H groups in total. The van der Waals surface area contributed by atoms with Crippen LogP contribution in [0.5, 0.6) is 0 Å². The van der Waals surface area contributed by atoms with Gasteiger partial charge in [0.15, 0.2) is 0 Å². The number of carbonyl (C=O) groups is 1. The van der Waals surface area contributed by atoms with Crippen LogP contribution < -0.4 is 0 Å². The van der Waals surface area contributed by atoms with Gasteiger partial charge in [0.05, 0.1) is 24.8 Å². The van der Waals surface area contributed by atoms with E-state index in [0.29, 0.717) is 27.3 Å². The molecule has 0 aliphatic rings. The van der Waals surface area contributed by atoms with Crippen LogP contribution in [0.15, 0.2) is 83.8 Å². The van der Waals surface area contributed by atoms with Crippen LogP contribution in [0.25, 0.3) is 22.3 Å². The van der Waals surface area contributed by atoms with E-state index in [1.807, 2.05) is 56.3 Å². The number of benzene rings is 4. The van der Waals surface area contributed by atoms with Gasteiger partial charge in [0.2, 0.25) is 0 Å². The Bertz CT molecular complexity index is 1470. The summed E-state index contributed by atoms with van der Waals surface area (Å²) in [7, 11) is 1.32. The number of halogens is 4. The maximum atomic E-state index is 13.5. The summed E-state index contributed by atoms with van der Waals surface area (Å²) in [6.45, 7) is 3.78. The topological polar surface area (TPSA) is 35.5 Å². The number of esters is 1. The Morgan fingerprint density at radius 1 is 0.868 bits per heavy atom. The predicted molar refractivity (Wildman–Crippen MR) is 145 cm³/mol. The standard InChI is InChI=1S/C30H24ClF3O3S/c1-18-4-9-24(10-5-18)38-37-17-22-15-23(30(32,33)34)8-12-26(22)27-16-20(7-13-28(27)31)25-11-6-21(14-19(25)2)29(35)36-3/h4-16H,17H2,1-3H3. The minimum atomic E-state index is -4.50. The molecule has 0 aromatic heterocycles. The van der Waals surface area contributed by atoms with Gasteiger partial charge in [0, 0.05) is 27.5 Å². The minimum absolute atomic E-state index is 0.0643. The van der Waals surface area contributed by atoms with Crippen LogP contribution >= 0.6 is 23.6 Å². The van der Waals surface area contributed by atoms with E-state index in [9.17, 15) is 18.0 Å². The molecule has 196 valence electrons. The van der Waals surface area contributed by atoms with Crippen molar-refractivity contribution in [3.05, 3.63) is 112 Å². The number of methoxy groups -OCH3 is 1. The molecule has 0 saturated heterocycles. The van der Waals surface area contributed by atoms with Gasteiger partial charge in [-0.15, -0.1) is 0 Å². The van der Waals surface area contributed by atoms with Crippen molar-refractivity contribution in [1.29, 1.82) is 0 Å². The number of alkyl halides is 3. The first-order valence-electron chi connectivity index (χ1n) is 11.6. The van der Waals surface area contributed by atoms with E-state index < -0.39 is 17.7 Å². The average molecular weight is 557 g/mol. The third kappa shape index (κ3) is 6.41. The third-order valence-corrected chi connectivity index (χ3v) is 7.07. The lowest BCUT2D eigenvalue weighted by atomic mass is 9.93. The minimum Gasteiger partial charge on any atom is -0.465 e. The van der Waals surface area contributed by atoms with Crippen molar-refractivity contribution < 1.29 is 26.9 Å². The molecule has 3 nitrogen and oxygen atoms in total. The van der Waals surface area contributed by atoms with E-state index >= 15 is 0 Å². The monoisotopic (exact) mass is 556 g/mol. The lowest BCUT2D eigenvalue weighted by Crippen LogP contribution is -2.06.